The molecule has 0 radical (unpaired) electrons. The van der Waals surface area contributed by atoms with Gasteiger partial charge in [0.25, 0.3) is 0 Å². The van der Waals surface area contributed by atoms with Crippen LogP contribution in [0.25, 0.3) is 0 Å². The third-order valence-electron chi connectivity index (χ3n) is 1.18. The smallest absolute Gasteiger partial charge is 0.345 e. The molecule has 1 atom stereocenters. The molecule has 0 spiro atoms. The maximum atomic E-state index is 10.5. The summed E-state index contributed by atoms with van der Waals surface area (Å²) in [6.45, 7) is 8.70. The first kappa shape index (κ1) is 10.0. The lowest BCUT2D eigenvalue weighted by Gasteiger charge is -2.17. The monoisotopic (exact) mass is 158 g/mol. The van der Waals surface area contributed by atoms with Gasteiger partial charge < -0.3 is 9.84 Å². The molecule has 3 heteroatoms. The van der Waals surface area contributed by atoms with Gasteiger partial charge in [0.15, 0.2) is 6.10 Å². The van der Waals surface area contributed by atoms with Crippen molar-refractivity contribution in [1.82, 2.24) is 0 Å². The van der Waals surface area contributed by atoms with Gasteiger partial charge in [-0.2, -0.15) is 0 Å². The average molecular weight is 158 g/mol. The lowest BCUT2D eigenvalue weighted by molar-refractivity contribution is -0.150. The molecule has 0 amide bonds. The molecule has 1 unspecified atom stereocenters. The van der Waals surface area contributed by atoms with E-state index in [1.54, 1.807) is 20.8 Å². The highest BCUT2D eigenvalue weighted by Gasteiger charge is 2.22. The molecule has 11 heavy (non-hydrogen) atoms. The lowest BCUT2D eigenvalue weighted by atomic mass is 10.1. The summed E-state index contributed by atoms with van der Waals surface area (Å²) in [5.41, 5.74) is 0. The first-order chi connectivity index (χ1) is 4.95. The number of hydrogen-bond acceptors (Lipinski definition) is 2. The molecule has 64 valence electrons. The van der Waals surface area contributed by atoms with Gasteiger partial charge in [0, 0.05) is 5.92 Å². The largest absolute Gasteiger partial charge is 0.484 e. The molecular weight excluding hydrogens is 144 g/mol. The fourth-order valence-electron chi connectivity index (χ4n) is 0.688. The number of ether oxygens (including phenoxy) is 1. The van der Waals surface area contributed by atoms with Crippen molar-refractivity contribution in [3.05, 3.63) is 12.3 Å². The van der Waals surface area contributed by atoms with Crippen LogP contribution in [-0.2, 0) is 9.53 Å². The zero-order valence-electron chi connectivity index (χ0n) is 7.13. The van der Waals surface area contributed by atoms with Crippen molar-refractivity contribution < 1.29 is 14.6 Å². The average Bonchev–Trinajstić information content (AvgIpc) is 1.81. The minimum atomic E-state index is -0.942. The van der Waals surface area contributed by atoms with Crippen LogP contribution in [-0.4, -0.2) is 17.2 Å². The van der Waals surface area contributed by atoms with Crippen molar-refractivity contribution >= 4 is 5.97 Å². The minimum Gasteiger partial charge on any atom is -0.484 e. The number of allylic oxidation sites excluding steroid dienone is 1. The Labute approximate surface area is 66.7 Å². The first-order valence-corrected chi connectivity index (χ1v) is 3.50. The summed E-state index contributed by atoms with van der Waals surface area (Å²) < 4.78 is 4.98. The van der Waals surface area contributed by atoms with Crippen molar-refractivity contribution in [3.63, 3.8) is 0 Å². The molecule has 0 fully saturated rings. The van der Waals surface area contributed by atoms with Crippen LogP contribution in [0.2, 0.25) is 0 Å². The van der Waals surface area contributed by atoms with E-state index in [-0.39, 0.29) is 5.92 Å². The van der Waals surface area contributed by atoms with Crippen molar-refractivity contribution in [2.45, 2.75) is 26.9 Å². The third kappa shape index (κ3) is 3.65. The van der Waals surface area contributed by atoms with Gasteiger partial charge in [0.05, 0.1) is 5.76 Å². The number of carbonyl (C=O) groups is 1. The summed E-state index contributed by atoms with van der Waals surface area (Å²) in [4.78, 5) is 10.5. The van der Waals surface area contributed by atoms with Crippen LogP contribution in [0.3, 0.4) is 0 Å². The van der Waals surface area contributed by atoms with E-state index < -0.39 is 12.1 Å². The Morgan fingerprint density at radius 1 is 1.55 bits per heavy atom. The molecule has 0 heterocycles. The second kappa shape index (κ2) is 4.01. The molecule has 0 rings (SSSR count). The molecule has 0 aliphatic heterocycles. The number of aliphatic carboxylic acids is 1. The number of carboxylic acids is 1. The van der Waals surface area contributed by atoms with Crippen molar-refractivity contribution in [1.29, 1.82) is 0 Å². The third-order valence-corrected chi connectivity index (χ3v) is 1.18. The van der Waals surface area contributed by atoms with E-state index in [9.17, 15) is 4.79 Å². The van der Waals surface area contributed by atoms with Crippen LogP contribution in [0.1, 0.15) is 20.8 Å². The number of carboxylic acid groups (broad SMARTS) is 1. The van der Waals surface area contributed by atoms with Gasteiger partial charge in [0.1, 0.15) is 0 Å². The predicted octanol–water partition coefficient (Wildman–Crippen LogP) is 1.65. The van der Waals surface area contributed by atoms with Crippen LogP contribution >= 0.6 is 0 Å². The number of rotatable bonds is 4. The Hall–Kier alpha value is -0.990. The van der Waals surface area contributed by atoms with E-state index in [1.807, 2.05) is 0 Å². The summed E-state index contributed by atoms with van der Waals surface area (Å²) in [7, 11) is 0. The van der Waals surface area contributed by atoms with Gasteiger partial charge in [-0.3, -0.25) is 0 Å². The summed E-state index contributed by atoms with van der Waals surface area (Å²) in [6, 6.07) is 0. The van der Waals surface area contributed by atoms with Crippen molar-refractivity contribution in [2.24, 2.45) is 5.92 Å². The first-order valence-electron chi connectivity index (χ1n) is 3.50. The van der Waals surface area contributed by atoms with Gasteiger partial charge >= 0.3 is 5.97 Å². The van der Waals surface area contributed by atoms with Crippen LogP contribution in [0, 0.1) is 5.92 Å². The minimum absolute atomic E-state index is 0.0378. The quantitative estimate of drug-likeness (QED) is 0.633. The fraction of sp³-hybridized carbons (Fsp3) is 0.625. The topological polar surface area (TPSA) is 46.5 Å². The molecular formula is C8H14O3. The van der Waals surface area contributed by atoms with Crippen LogP contribution in [0.4, 0.5) is 0 Å². The van der Waals surface area contributed by atoms with Crippen molar-refractivity contribution in [3.8, 4) is 0 Å². The van der Waals surface area contributed by atoms with Crippen LogP contribution < -0.4 is 0 Å². The molecule has 0 bridgehead atoms. The van der Waals surface area contributed by atoms with Gasteiger partial charge in [0.2, 0.25) is 0 Å². The van der Waals surface area contributed by atoms with Crippen LogP contribution in [0.5, 0.6) is 0 Å². The van der Waals surface area contributed by atoms with Gasteiger partial charge in [-0.25, -0.2) is 4.79 Å². The van der Waals surface area contributed by atoms with Gasteiger partial charge in [-0.15, -0.1) is 0 Å². The zero-order chi connectivity index (χ0) is 9.02. The standard InChI is InChI=1S/C8H14O3/c1-5(2)7(8(9)10)11-6(3)4/h5,7H,3H2,1-2,4H3,(H,9,10). The molecule has 0 saturated carbocycles. The predicted molar refractivity (Wildman–Crippen MR) is 42.2 cm³/mol. The molecule has 0 aromatic carbocycles. The maximum absolute atomic E-state index is 10.5. The highest BCUT2D eigenvalue weighted by Crippen LogP contribution is 2.09. The van der Waals surface area contributed by atoms with Gasteiger partial charge in [-0.05, 0) is 6.92 Å². The Bertz CT molecular complexity index is 161. The second-order valence-corrected chi connectivity index (χ2v) is 2.82. The second-order valence-electron chi connectivity index (χ2n) is 2.82. The Kier molecular flexibility index (Phi) is 3.65. The molecule has 0 aromatic rings. The van der Waals surface area contributed by atoms with E-state index in [2.05, 4.69) is 6.58 Å². The molecule has 0 aliphatic carbocycles. The van der Waals surface area contributed by atoms with E-state index in [4.69, 9.17) is 9.84 Å². The summed E-state index contributed by atoms with van der Waals surface area (Å²) in [5, 5.41) is 8.63. The molecule has 3 nitrogen and oxygen atoms in total. The van der Waals surface area contributed by atoms with Gasteiger partial charge in [-0.1, -0.05) is 20.4 Å². The van der Waals surface area contributed by atoms with E-state index >= 15 is 0 Å². The lowest BCUT2D eigenvalue weighted by Crippen LogP contribution is -2.28. The SMILES string of the molecule is C=C(C)OC(C(=O)O)C(C)C. The number of hydrogen-bond donors (Lipinski definition) is 1. The highest BCUT2D eigenvalue weighted by molar-refractivity contribution is 5.72. The molecule has 0 aromatic heterocycles. The molecule has 0 aliphatic rings. The molecule has 0 saturated heterocycles. The summed E-state index contributed by atoms with van der Waals surface area (Å²) >= 11 is 0. The zero-order valence-corrected chi connectivity index (χ0v) is 7.13. The Balaban J connectivity index is 4.12. The summed E-state index contributed by atoms with van der Waals surface area (Å²) in [5.74, 6) is -0.543. The van der Waals surface area contributed by atoms with Crippen LogP contribution in [0.15, 0.2) is 12.3 Å². The molecule has 1 N–H and O–H groups in total. The van der Waals surface area contributed by atoms with Crippen molar-refractivity contribution in [2.75, 3.05) is 0 Å². The normalized spacial score (nSPS) is 12.7. The fourth-order valence-corrected chi connectivity index (χ4v) is 0.688. The summed E-state index contributed by atoms with van der Waals surface area (Å²) in [6.07, 6.45) is -0.771. The Morgan fingerprint density at radius 3 is 2.09 bits per heavy atom. The maximum Gasteiger partial charge on any atom is 0.345 e. The highest BCUT2D eigenvalue weighted by atomic mass is 16.5. The Morgan fingerprint density at radius 2 is 2.00 bits per heavy atom. The van der Waals surface area contributed by atoms with E-state index in [0.717, 1.165) is 0 Å². The van der Waals surface area contributed by atoms with E-state index in [1.165, 1.54) is 0 Å². The van der Waals surface area contributed by atoms with E-state index in [0.29, 0.717) is 5.76 Å².